The molecular weight excluding hydrogens is 222 g/mol. The second-order valence-corrected chi connectivity index (χ2v) is 5.91. The maximum Gasteiger partial charge on any atom is 0.178 e. The average Bonchev–Trinajstić information content (AvgIpc) is 2.12. The summed E-state index contributed by atoms with van der Waals surface area (Å²) in [5.41, 5.74) is 6.46. The van der Waals surface area contributed by atoms with E-state index in [2.05, 4.69) is 0 Å². The lowest BCUT2D eigenvalue weighted by Gasteiger charge is -2.22. The Bertz CT molecular complexity index is 470. The number of halogens is 1. The number of nitrogens with two attached hydrogens (primary N) is 1. The summed E-state index contributed by atoms with van der Waals surface area (Å²) in [6.45, 7) is 0. The van der Waals surface area contributed by atoms with Crippen LogP contribution in [0, 0.1) is 0 Å². The third kappa shape index (κ3) is 1.54. The van der Waals surface area contributed by atoms with Gasteiger partial charge in [-0.1, -0.05) is 11.6 Å². The molecule has 5 heteroatoms. The first-order valence-electron chi connectivity index (χ1n) is 4.28. The van der Waals surface area contributed by atoms with Gasteiger partial charge in [0.25, 0.3) is 0 Å². The van der Waals surface area contributed by atoms with E-state index in [1.807, 2.05) is 0 Å². The van der Waals surface area contributed by atoms with Gasteiger partial charge in [-0.2, -0.15) is 0 Å². The summed E-state index contributed by atoms with van der Waals surface area (Å²) >= 11 is 5.78. The fraction of sp³-hybridized carbons (Fsp3) is 0.333. The molecule has 14 heavy (non-hydrogen) atoms. The van der Waals surface area contributed by atoms with Crippen LogP contribution in [0.5, 0.6) is 0 Å². The Morgan fingerprint density at radius 3 is 2.86 bits per heavy atom. The molecule has 0 bridgehead atoms. The third-order valence-electron chi connectivity index (χ3n) is 2.40. The number of benzene rings is 1. The summed E-state index contributed by atoms with van der Waals surface area (Å²) in [6.07, 6.45) is 0.468. The molecule has 0 aromatic heterocycles. The Morgan fingerprint density at radius 2 is 2.14 bits per heavy atom. The summed E-state index contributed by atoms with van der Waals surface area (Å²) in [4.78, 5) is 0.334. The minimum Gasteiger partial charge on any atom is -0.324 e. The zero-order chi connectivity index (χ0) is 10.3. The van der Waals surface area contributed by atoms with Gasteiger partial charge < -0.3 is 5.73 Å². The average molecular weight is 232 g/mol. The Morgan fingerprint density at radius 1 is 1.43 bits per heavy atom. The van der Waals surface area contributed by atoms with Crippen LogP contribution < -0.4 is 5.73 Å². The van der Waals surface area contributed by atoms with Gasteiger partial charge in [-0.15, -0.1) is 0 Å². The fourth-order valence-corrected chi connectivity index (χ4v) is 3.45. The summed E-state index contributed by atoms with van der Waals surface area (Å²) in [5.74, 6) is 0.128. The largest absolute Gasteiger partial charge is 0.324 e. The van der Waals surface area contributed by atoms with Gasteiger partial charge in [-0.05, 0) is 30.2 Å². The quantitative estimate of drug-likeness (QED) is 0.737. The zero-order valence-electron chi connectivity index (χ0n) is 7.40. The number of sulfone groups is 1. The van der Waals surface area contributed by atoms with Crippen molar-refractivity contribution in [3.63, 3.8) is 0 Å². The van der Waals surface area contributed by atoms with Crippen molar-refractivity contribution < 1.29 is 8.42 Å². The SMILES string of the molecule is N[C@H]1CCS(=O)(=O)c2ccc(Cl)cc21. The van der Waals surface area contributed by atoms with E-state index in [9.17, 15) is 8.42 Å². The van der Waals surface area contributed by atoms with Gasteiger partial charge in [0, 0.05) is 11.1 Å². The second kappa shape index (κ2) is 3.22. The summed E-state index contributed by atoms with van der Waals surface area (Å²) in [6, 6.07) is 4.53. The molecule has 0 fully saturated rings. The van der Waals surface area contributed by atoms with E-state index in [1.165, 1.54) is 6.07 Å². The van der Waals surface area contributed by atoms with Crippen LogP contribution >= 0.6 is 11.6 Å². The Balaban J connectivity index is 2.69. The van der Waals surface area contributed by atoms with Gasteiger partial charge in [0.05, 0.1) is 10.6 Å². The molecule has 1 aromatic rings. The van der Waals surface area contributed by atoms with E-state index in [4.69, 9.17) is 17.3 Å². The molecule has 76 valence electrons. The maximum atomic E-state index is 11.6. The molecule has 1 aliphatic rings. The van der Waals surface area contributed by atoms with Crippen LogP contribution in [0.3, 0.4) is 0 Å². The minimum absolute atomic E-state index is 0.128. The Labute approximate surface area is 87.8 Å². The fourth-order valence-electron chi connectivity index (χ4n) is 1.64. The normalized spacial score (nSPS) is 24.3. The highest BCUT2D eigenvalue weighted by atomic mass is 35.5. The first kappa shape index (κ1) is 9.96. The predicted octanol–water partition coefficient (Wildman–Crippen LogP) is 1.52. The minimum atomic E-state index is -3.13. The van der Waals surface area contributed by atoms with Crippen molar-refractivity contribution >= 4 is 21.4 Å². The van der Waals surface area contributed by atoms with E-state index in [0.717, 1.165) is 0 Å². The van der Waals surface area contributed by atoms with E-state index in [0.29, 0.717) is 21.9 Å². The number of hydrogen-bond donors (Lipinski definition) is 1. The lowest BCUT2D eigenvalue weighted by atomic mass is 10.1. The van der Waals surface area contributed by atoms with Crippen molar-refractivity contribution in [3.05, 3.63) is 28.8 Å². The number of fused-ring (bicyclic) bond motifs is 1. The van der Waals surface area contributed by atoms with E-state index in [-0.39, 0.29) is 11.8 Å². The summed E-state index contributed by atoms with van der Waals surface area (Å²) < 4.78 is 23.3. The number of rotatable bonds is 0. The molecule has 1 aromatic carbocycles. The highest BCUT2D eigenvalue weighted by Crippen LogP contribution is 2.32. The predicted molar refractivity (Wildman–Crippen MR) is 55.1 cm³/mol. The molecule has 0 aliphatic carbocycles. The first-order valence-corrected chi connectivity index (χ1v) is 6.31. The van der Waals surface area contributed by atoms with Crippen LogP contribution in [0.2, 0.25) is 5.02 Å². The van der Waals surface area contributed by atoms with E-state index in [1.54, 1.807) is 12.1 Å². The van der Waals surface area contributed by atoms with E-state index < -0.39 is 9.84 Å². The topological polar surface area (TPSA) is 60.2 Å². The highest BCUT2D eigenvalue weighted by molar-refractivity contribution is 7.91. The highest BCUT2D eigenvalue weighted by Gasteiger charge is 2.28. The zero-order valence-corrected chi connectivity index (χ0v) is 8.98. The van der Waals surface area contributed by atoms with Gasteiger partial charge in [0.1, 0.15) is 0 Å². The molecule has 3 nitrogen and oxygen atoms in total. The summed E-state index contributed by atoms with van der Waals surface area (Å²) in [5, 5.41) is 0.524. The van der Waals surface area contributed by atoms with E-state index >= 15 is 0 Å². The van der Waals surface area contributed by atoms with Gasteiger partial charge >= 0.3 is 0 Å². The first-order chi connectivity index (χ1) is 6.50. The third-order valence-corrected chi connectivity index (χ3v) is 4.45. The maximum absolute atomic E-state index is 11.6. The molecule has 1 heterocycles. The van der Waals surface area contributed by atoms with Gasteiger partial charge in [0.15, 0.2) is 9.84 Å². The van der Waals surface area contributed by atoms with Crippen LogP contribution in [0.15, 0.2) is 23.1 Å². The van der Waals surface area contributed by atoms with Crippen LogP contribution in [-0.2, 0) is 9.84 Å². The molecule has 0 spiro atoms. The molecule has 0 saturated heterocycles. The van der Waals surface area contributed by atoms with Crippen molar-refractivity contribution in [2.24, 2.45) is 5.73 Å². The standard InChI is InChI=1S/C9H10ClNO2S/c10-6-1-2-9-7(5-6)8(11)3-4-14(9,12)13/h1-2,5,8H,3-4,11H2/t8-/m0/s1. The molecular formula is C9H10ClNO2S. The molecule has 2 N–H and O–H groups in total. The lowest BCUT2D eigenvalue weighted by Crippen LogP contribution is -2.24. The number of hydrogen-bond acceptors (Lipinski definition) is 3. The van der Waals surface area contributed by atoms with Crippen LogP contribution in [-0.4, -0.2) is 14.2 Å². The van der Waals surface area contributed by atoms with Crippen molar-refractivity contribution in [1.82, 2.24) is 0 Å². The van der Waals surface area contributed by atoms with Gasteiger partial charge in [-0.3, -0.25) is 0 Å². The van der Waals surface area contributed by atoms with Crippen molar-refractivity contribution in [2.75, 3.05) is 5.75 Å². The van der Waals surface area contributed by atoms with Gasteiger partial charge in [-0.25, -0.2) is 8.42 Å². The molecule has 0 amide bonds. The molecule has 0 radical (unpaired) electrons. The Hall–Kier alpha value is -0.580. The van der Waals surface area contributed by atoms with Crippen LogP contribution in [0.4, 0.5) is 0 Å². The Kier molecular flexibility index (Phi) is 2.29. The monoisotopic (exact) mass is 231 g/mol. The van der Waals surface area contributed by atoms with Gasteiger partial charge in [0.2, 0.25) is 0 Å². The summed E-state index contributed by atoms with van der Waals surface area (Å²) in [7, 11) is -3.13. The van der Waals surface area contributed by atoms with Crippen molar-refractivity contribution in [3.8, 4) is 0 Å². The lowest BCUT2D eigenvalue weighted by molar-refractivity contribution is 0.569. The molecule has 1 aliphatic heterocycles. The molecule has 0 saturated carbocycles. The molecule has 1 atom stereocenters. The van der Waals surface area contributed by atoms with Crippen molar-refractivity contribution in [2.45, 2.75) is 17.4 Å². The van der Waals surface area contributed by atoms with Crippen LogP contribution in [0.25, 0.3) is 0 Å². The molecule has 2 rings (SSSR count). The second-order valence-electron chi connectivity index (χ2n) is 3.40. The van der Waals surface area contributed by atoms with Crippen LogP contribution in [0.1, 0.15) is 18.0 Å². The van der Waals surface area contributed by atoms with Crippen molar-refractivity contribution in [1.29, 1.82) is 0 Å². The smallest absolute Gasteiger partial charge is 0.178 e. The molecule has 0 unspecified atom stereocenters.